The zero-order chi connectivity index (χ0) is 15.4. The van der Waals surface area contributed by atoms with Crippen LogP contribution in [-0.2, 0) is 0 Å². The van der Waals surface area contributed by atoms with E-state index in [0.717, 1.165) is 31.5 Å². The molecule has 0 saturated carbocycles. The Labute approximate surface area is 125 Å². The molecule has 1 aromatic rings. The van der Waals surface area contributed by atoms with E-state index in [1.54, 1.807) is 12.1 Å². The fourth-order valence-electron chi connectivity index (χ4n) is 3.06. The average molecular weight is 297 g/mol. The summed E-state index contributed by atoms with van der Waals surface area (Å²) < 4.78 is 25.3. The minimum absolute atomic E-state index is 0.0662. The smallest absolute Gasteiger partial charge is 0.263 e. The van der Waals surface area contributed by atoms with E-state index < -0.39 is 6.43 Å². The predicted molar refractivity (Wildman–Crippen MR) is 81.5 cm³/mol. The van der Waals surface area contributed by atoms with E-state index in [1.165, 1.54) is 12.1 Å². The monoisotopic (exact) mass is 297 g/mol. The molecule has 3 nitrogen and oxygen atoms in total. The van der Waals surface area contributed by atoms with E-state index in [-0.39, 0.29) is 11.6 Å². The van der Waals surface area contributed by atoms with Crippen molar-refractivity contribution in [3.8, 4) is 0 Å². The van der Waals surface area contributed by atoms with Gasteiger partial charge in [0.15, 0.2) is 0 Å². The van der Waals surface area contributed by atoms with E-state index in [1.807, 2.05) is 0 Å². The van der Waals surface area contributed by atoms with Gasteiger partial charge >= 0.3 is 0 Å². The molecule has 0 radical (unpaired) electrons. The Bertz CT molecular complexity index is 428. The molecule has 0 amide bonds. The first-order valence-electron chi connectivity index (χ1n) is 7.51. The number of nitrogens with two attached hydrogens (primary N) is 1. The van der Waals surface area contributed by atoms with Crippen LogP contribution in [0.15, 0.2) is 24.3 Å². The molecule has 1 unspecified atom stereocenters. The van der Waals surface area contributed by atoms with Crippen LogP contribution in [0.1, 0.15) is 36.4 Å². The van der Waals surface area contributed by atoms with Crippen molar-refractivity contribution in [1.82, 2.24) is 9.80 Å². The number of hydrogen-bond acceptors (Lipinski definition) is 3. The first-order chi connectivity index (χ1) is 10.0. The summed E-state index contributed by atoms with van der Waals surface area (Å²) in [5.74, 6) is 0. The molecule has 1 aromatic carbocycles. The van der Waals surface area contributed by atoms with Gasteiger partial charge in [-0.15, -0.1) is 0 Å². The van der Waals surface area contributed by atoms with Crippen molar-refractivity contribution >= 4 is 0 Å². The molecule has 1 aliphatic rings. The maximum atomic E-state index is 12.6. The molecular weight excluding hydrogens is 272 g/mol. The Morgan fingerprint density at radius 1 is 1.19 bits per heavy atom. The summed E-state index contributed by atoms with van der Waals surface area (Å²) in [7, 11) is 4.23. The Morgan fingerprint density at radius 3 is 2.19 bits per heavy atom. The number of nitrogens with zero attached hydrogens (tertiary/aromatic N) is 2. The highest BCUT2D eigenvalue weighted by atomic mass is 19.3. The number of benzene rings is 1. The number of rotatable bonds is 5. The van der Waals surface area contributed by atoms with Crippen LogP contribution in [0.5, 0.6) is 0 Å². The minimum Gasteiger partial charge on any atom is -0.329 e. The fourth-order valence-corrected chi connectivity index (χ4v) is 3.06. The molecule has 1 aliphatic heterocycles. The Kier molecular flexibility index (Phi) is 5.67. The third-order valence-corrected chi connectivity index (χ3v) is 4.55. The molecule has 0 bridgehead atoms. The molecule has 1 fully saturated rings. The van der Waals surface area contributed by atoms with Crippen LogP contribution in [0.4, 0.5) is 8.78 Å². The van der Waals surface area contributed by atoms with Gasteiger partial charge in [0.1, 0.15) is 0 Å². The van der Waals surface area contributed by atoms with Gasteiger partial charge in [-0.05, 0) is 45.6 Å². The molecule has 1 saturated heterocycles. The van der Waals surface area contributed by atoms with Gasteiger partial charge in [-0.3, -0.25) is 4.90 Å². The second-order valence-corrected chi connectivity index (χ2v) is 5.92. The van der Waals surface area contributed by atoms with Crippen molar-refractivity contribution in [3.05, 3.63) is 35.4 Å². The quantitative estimate of drug-likeness (QED) is 0.907. The molecule has 0 spiro atoms. The molecule has 2 rings (SSSR count). The summed E-state index contributed by atoms with van der Waals surface area (Å²) in [4.78, 5) is 4.64. The molecule has 5 heteroatoms. The summed E-state index contributed by atoms with van der Waals surface area (Å²) in [6.45, 7) is 2.68. The van der Waals surface area contributed by atoms with E-state index >= 15 is 0 Å². The van der Waals surface area contributed by atoms with Crippen LogP contribution in [-0.4, -0.2) is 49.6 Å². The lowest BCUT2D eigenvalue weighted by Gasteiger charge is -2.39. The summed E-state index contributed by atoms with van der Waals surface area (Å²) in [5.41, 5.74) is 7.02. The average Bonchev–Trinajstić information content (AvgIpc) is 2.49. The SMILES string of the molecule is CN1CCC(N(C)C(CN)c2ccc(C(F)F)cc2)CC1. The topological polar surface area (TPSA) is 32.5 Å². The predicted octanol–water partition coefficient (Wildman–Crippen LogP) is 2.65. The number of piperidine rings is 1. The maximum Gasteiger partial charge on any atom is 0.263 e. The van der Waals surface area contributed by atoms with Crippen LogP contribution in [0, 0.1) is 0 Å². The van der Waals surface area contributed by atoms with Crippen LogP contribution < -0.4 is 5.73 Å². The largest absolute Gasteiger partial charge is 0.329 e. The van der Waals surface area contributed by atoms with Gasteiger partial charge in [0.25, 0.3) is 6.43 Å². The number of hydrogen-bond donors (Lipinski definition) is 1. The zero-order valence-corrected chi connectivity index (χ0v) is 12.8. The molecule has 1 heterocycles. The lowest BCUT2D eigenvalue weighted by Crippen LogP contribution is -2.45. The third kappa shape index (κ3) is 3.99. The number of alkyl halides is 2. The normalized spacial score (nSPS) is 19.4. The van der Waals surface area contributed by atoms with E-state index in [2.05, 4.69) is 23.9 Å². The van der Waals surface area contributed by atoms with Crippen LogP contribution in [0.3, 0.4) is 0 Å². The lowest BCUT2D eigenvalue weighted by molar-refractivity contribution is 0.109. The molecule has 2 N–H and O–H groups in total. The van der Waals surface area contributed by atoms with E-state index in [0.29, 0.717) is 12.6 Å². The Hall–Kier alpha value is -1.04. The highest BCUT2D eigenvalue weighted by Crippen LogP contribution is 2.27. The van der Waals surface area contributed by atoms with Gasteiger partial charge in [0, 0.05) is 24.2 Å². The van der Waals surface area contributed by atoms with E-state index in [9.17, 15) is 8.78 Å². The molecular formula is C16H25F2N3. The standard InChI is InChI=1S/C16H25F2N3/c1-20-9-7-14(8-10-20)21(2)15(11-19)12-3-5-13(6-4-12)16(17)18/h3-6,14-16H,7-11,19H2,1-2H3. The van der Waals surface area contributed by atoms with Crippen molar-refractivity contribution < 1.29 is 8.78 Å². The molecule has 0 aromatic heterocycles. The summed E-state index contributed by atoms with van der Waals surface area (Å²) in [5, 5.41) is 0. The summed E-state index contributed by atoms with van der Waals surface area (Å²) >= 11 is 0. The minimum atomic E-state index is -2.41. The first-order valence-corrected chi connectivity index (χ1v) is 7.51. The number of halogens is 2. The van der Waals surface area contributed by atoms with Gasteiger partial charge in [0.2, 0.25) is 0 Å². The zero-order valence-electron chi connectivity index (χ0n) is 12.8. The molecule has 21 heavy (non-hydrogen) atoms. The second-order valence-electron chi connectivity index (χ2n) is 5.92. The summed E-state index contributed by atoms with van der Waals surface area (Å²) in [6, 6.07) is 7.17. The molecule has 118 valence electrons. The van der Waals surface area contributed by atoms with Crippen molar-refractivity contribution in [1.29, 1.82) is 0 Å². The van der Waals surface area contributed by atoms with Crippen molar-refractivity contribution in [2.45, 2.75) is 31.4 Å². The lowest BCUT2D eigenvalue weighted by atomic mass is 9.98. The highest BCUT2D eigenvalue weighted by molar-refractivity contribution is 5.26. The van der Waals surface area contributed by atoms with Crippen molar-refractivity contribution in [2.24, 2.45) is 5.73 Å². The number of likely N-dealkylation sites (tertiary alicyclic amines) is 1. The van der Waals surface area contributed by atoms with Gasteiger partial charge in [-0.25, -0.2) is 8.78 Å². The van der Waals surface area contributed by atoms with Crippen LogP contribution in [0.2, 0.25) is 0 Å². The van der Waals surface area contributed by atoms with Crippen molar-refractivity contribution in [2.75, 3.05) is 33.7 Å². The first kappa shape index (κ1) is 16.3. The van der Waals surface area contributed by atoms with Gasteiger partial charge in [0.05, 0.1) is 0 Å². The van der Waals surface area contributed by atoms with Crippen LogP contribution in [0.25, 0.3) is 0 Å². The molecule has 0 aliphatic carbocycles. The maximum absolute atomic E-state index is 12.6. The van der Waals surface area contributed by atoms with Crippen LogP contribution >= 0.6 is 0 Å². The fraction of sp³-hybridized carbons (Fsp3) is 0.625. The van der Waals surface area contributed by atoms with Crippen molar-refractivity contribution in [3.63, 3.8) is 0 Å². The third-order valence-electron chi connectivity index (χ3n) is 4.55. The Morgan fingerprint density at radius 2 is 1.71 bits per heavy atom. The van der Waals surface area contributed by atoms with Gasteiger partial charge in [-0.2, -0.15) is 0 Å². The highest BCUT2D eigenvalue weighted by Gasteiger charge is 2.26. The van der Waals surface area contributed by atoms with E-state index in [4.69, 9.17) is 5.73 Å². The summed E-state index contributed by atoms with van der Waals surface area (Å²) in [6.07, 6.45) is -0.168. The van der Waals surface area contributed by atoms with Gasteiger partial charge in [-0.1, -0.05) is 24.3 Å². The Balaban J connectivity index is 2.07. The molecule has 1 atom stereocenters. The second kappa shape index (κ2) is 7.29. The number of likely N-dealkylation sites (N-methyl/N-ethyl adjacent to an activating group) is 1. The van der Waals surface area contributed by atoms with Gasteiger partial charge < -0.3 is 10.6 Å².